The molecule has 8 nitrogen and oxygen atoms in total. The molecule has 236 valence electrons. The molecule has 0 spiro atoms. The van der Waals surface area contributed by atoms with E-state index in [1.54, 1.807) is 0 Å². The maximum absolute atomic E-state index is 15.1. The van der Waals surface area contributed by atoms with Crippen LogP contribution in [0.4, 0.5) is 18.9 Å². The van der Waals surface area contributed by atoms with Gasteiger partial charge < -0.3 is 0 Å². The van der Waals surface area contributed by atoms with Crippen LogP contribution in [0.15, 0.2) is 65.6 Å². The Kier molecular flexibility index (Phi) is 10.4. The number of nitrogens with zero attached hydrogens (tertiary/aromatic N) is 2. The Labute approximate surface area is 256 Å². The minimum absolute atomic E-state index is 0.0158. The summed E-state index contributed by atoms with van der Waals surface area (Å²) in [5.41, 5.74) is 0.165. The summed E-state index contributed by atoms with van der Waals surface area (Å²) in [5, 5.41) is 0.273. The summed E-state index contributed by atoms with van der Waals surface area (Å²) in [6, 6.07) is 10.2. The van der Waals surface area contributed by atoms with E-state index in [2.05, 4.69) is 0 Å². The first-order chi connectivity index (χ1) is 20.1. The van der Waals surface area contributed by atoms with Gasteiger partial charge in [-0.15, -0.1) is 0 Å². The molecule has 0 saturated carbocycles. The van der Waals surface area contributed by atoms with Crippen LogP contribution in [-0.4, -0.2) is 60.6 Å². The zero-order valence-corrected chi connectivity index (χ0v) is 26.4. The lowest BCUT2D eigenvalue weighted by Gasteiger charge is -2.40. The molecular formula is C28H32ClF3N2O6S3. The number of anilines is 1. The summed E-state index contributed by atoms with van der Waals surface area (Å²) in [7, 11) is -10.9. The number of aryl methyl sites for hydroxylation is 1. The summed E-state index contributed by atoms with van der Waals surface area (Å²) in [6.45, 7) is 1.51. The van der Waals surface area contributed by atoms with Crippen LogP contribution in [0.1, 0.15) is 36.9 Å². The van der Waals surface area contributed by atoms with Gasteiger partial charge in [0.2, 0.25) is 10.0 Å². The summed E-state index contributed by atoms with van der Waals surface area (Å²) in [6.07, 6.45) is 0.669. The van der Waals surface area contributed by atoms with Crippen molar-refractivity contribution in [3.05, 3.63) is 94.3 Å². The fourth-order valence-corrected chi connectivity index (χ4v) is 9.75. The molecule has 1 fully saturated rings. The molecule has 3 aromatic carbocycles. The number of hydrogen-bond acceptors (Lipinski definition) is 6. The van der Waals surface area contributed by atoms with E-state index in [1.165, 1.54) is 47.6 Å². The SMILES string of the molecule is CC(c1ccc(F)cc1CCCCS(=O)(=O)N1CCS(O)(O)CC1)N(c1cc(F)ccc1F)S(=O)(=O)c1ccc(Cl)cc1. The Hall–Kier alpha value is -2.33. The second-order valence-corrected chi connectivity index (χ2v) is 17.0. The van der Waals surface area contributed by atoms with Crippen molar-refractivity contribution < 1.29 is 39.1 Å². The third-order valence-corrected chi connectivity index (χ3v) is 13.0. The van der Waals surface area contributed by atoms with Crippen molar-refractivity contribution in [3.63, 3.8) is 0 Å². The molecule has 0 radical (unpaired) electrons. The molecule has 0 aromatic heterocycles. The minimum atomic E-state index is -4.49. The molecular weight excluding hydrogens is 649 g/mol. The van der Waals surface area contributed by atoms with Gasteiger partial charge in [0.25, 0.3) is 10.0 Å². The van der Waals surface area contributed by atoms with Crippen LogP contribution in [0, 0.1) is 17.5 Å². The van der Waals surface area contributed by atoms with E-state index in [0.717, 1.165) is 28.6 Å². The molecule has 1 aliphatic rings. The monoisotopic (exact) mass is 680 g/mol. The summed E-state index contributed by atoms with van der Waals surface area (Å²) in [5.74, 6) is -2.69. The number of hydrogen-bond donors (Lipinski definition) is 2. The number of halogens is 4. The molecule has 1 heterocycles. The average molecular weight is 681 g/mol. The van der Waals surface area contributed by atoms with Gasteiger partial charge in [-0.05, 0) is 85.8 Å². The Bertz CT molecular complexity index is 1670. The first kappa shape index (κ1) is 33.6. The fraction of sp³-hybridized carbons (Fsp3) is 0.357. The maximum atomic E-state index is 15.1. The first-order valence-corrected chi connectivity index (χ1v) is 18.7. The zero-order chi connectivity index (χ0) is 31.6. The summed E-state index contributed by atoms with van der Waals surface area (Å²) in [4.78, 5) is -0.222. The Morgan fingerprint density at radius 1 is 0.907 bits per heavy atom. The molecule has 2 N–H and O–H groups in total. The highest BCUT2D eigenvalue weighted by atomic mass is 35.5. The molecule has 1 aliphatic heterocycles. The highest BCUT2D eigenvalue weighted by molar-refractivity contribution is 8.24. The largest absolute Gasteiger partial charge is 0.299 e. The molecule has 0 amide bonds. The van der Waals surface area contributed by atoms with Crippen molar-refractivity contribution in [2.24, 2.45) is 0 Å². The van der Waals surface area contributed by atoms with E-state index < -0.39 is 59.8 Å². The van der Waals surface area contributed by atoms with Crippen LogP contribution in [0.5, 0.6) is 0 Å². The molecule has 1 saturated heterocycles. The second kappa shape index (κ2) is 13.3. The summed E-state index contributed by atoms with van der Waals surface area (Å²) >= 11 is 5.93. The molecule has 0 aliphatic carbocycles. The van der Waals surface area contributed by atoms with E-state index in [9.17, 15) is 34.7 Å². The van der Waals surface area contributed by atoms with Crippen LogP contribution in [0.2, 0.25) is 5.02 Å². The molecule has 0 bridgehead atoms. The van der Waals surface area contributed by atoms with Crippen LogP contribution in [0.3, 0.4) is 0 Å². The first-order valence-electron chi connectivity index (χ1n) is 13.4. The highest BCUT2D eigenvalue weighted by Gasteiger charge is 2.34. The van der Waals surface area contributed by atoms with Crippen molar-refractivity contribution >= 4 is 47.9 Å². The fourth-order valence-electron chi connectivity index (χ4n) is 4.96. The quantitative estimate of drug-likeness (QED) is 0.226. The van der Waals surface area contributed by atoms with Gasteiger partial charge in [0, 0.05) is 24.2 Å². The van der Waals surface area contributed by atoms with Gasteiger partial charge in [-0.25, -0.2) is 30.0 Å². The molecule has 43 heavy (non-hydrogen) atoms. The number of unbranched alkanes of at least 4 members (excludes halogenated alkanes) is 1. The average Bonchev–Trinajstić information content (AvgIpc) is 2.93. The second-order valence-electron chi connectivity index (χ2n) is 10.3. The summed E-state index contributed by atoms with van der Waals surface area (Å²) < 4.78 is 119. The van der Waals surface area contributed by atoms with E-state index in [0.29, 0.717) is 17.5 Å². The van der Waals surface area contributed by atoms with Crippen molar-refractivity contribution in [3.8, 4) is 0 Å². The molecule has 15 heteroatoms. The third kappa shape index (κ3) is 8.04. The van der Waals surface area contributed by atoms with Gasteiger partial charge in [0.05, 0.1) is 33.9 Å². The van der Waals surface area contributed by atoms with Crippen LogP contribution >= 0.6 is 22.2 Å². The molecule has 4 rings (SSSR count). The Morgan fingerprint density at radius 3 is 2.16 bits per heavy atom. The standard InChI is InChI=1S/C28H32ClF3N2O6S3/c1-20(34(28-19-24(31)8-12-27(28)32)43(39,40)25-9-5-22(29)6-10-25)26-11-7-23(30)18-21(26)4-2-3-15-42(37,38)33-13-16-41(35,36)17-14-33/h5-12,18-20,35-36H,2-4,13-17H2,1H3. The smallest absolute Gasteiger partial charge is 0.264 e. The number of benzene rings is 3. The van der Waals surface area contributed by atoms with Crippen molar-refractivity contribution in [1.29, 1.82) is 0 Å². The van der Waals surface area contributed by atoms with Crippen LogP contribution < -0.4 is 4.31 Å². The third-order valence-electron chi connectivity index (χ3n) is 7.25. The van der Waals surface area contributed by atoms with Gasteiger partial charge in [-0.1, -0.05) is 17.7 Å². The van der Waals surface area contributed by atoms with E-state index in [-0.39, 0.29) is 53.1 Å². The predicted molar refractivity (Wildman–Crippen MR) is 163 cm³/mol. The predicted octanol–water partition coefficient (Wildman–Crippen LogP) is 6.43. The lowest BCUT2D eigenvalue weighted by Crippen LogP contribution is -2.43. The van der Waals surface area contributed by atoms with Gasteiger partial charge in [-0.3, -0.25) is 13.4 Å². The Balaban J connectivity index is 1.60. The topological polar surface area (TPSA) is 115 Å². The van der Waals surface area contributed by atoms with Crippen LogP contribution in [-0.2, 0) is 26.5 Å². The zero-order valence-electron chi connectivity index (χ0n) is 23.2. The highest BCUT2D eigenvalue weighted by Crippen LogP contribution is 2.41. The van der Waals surface area contributed by atoms with Gasteiger partial charge in [0.1, 0.15) is 17.5 Å². The lowest BCUT2D eigenvalue weighted by molar-refractivity contribution is 0.401. The van der Waals surface area contributed by atoms with E-state index in [1.807, 2.05) is 0 Å². The Morgan fingerprint density at radius 2 is 1.51 bits per heavy atom. The minimum Gasteiger partial charge on any atom is -0.299 e. The lowest BCUT2D eigenvalue weighted by atomic mass is 9.97. The van der Waals surface area contributed by atoms with Crippen LogP contribution in [0.25, 0.3) is 0 Å². The number of rotatable bonds is 11. The molecule has 1 unspecified atom stereocenters. The molecule has 3 aromatic rings. The van der Waals surface area contributed by atoms with E-state index >= 15 is 4.39 Å². The maximum Gasteiger partial charge on any atom is 0.264 e. The van der Waals surface area contributed by atoms with Crippen molar-refractivity contribution in [2.45, 2.75) is 37.1 Å². The van der Waals surface area contributed by atoms with Crippen molar-refractivity contribution in [1.82, 2.24) is 4.31 Å². The van der Waals surface area contributed by atoms with Gasteiger partial charge in [0.15, 0.2) is 0 Å². The number of sulfonamides is 2. The molecule has 1 atom stereocenters. The normalized spacial score (nSPS) is 17.4. The van der Waals surface area contributed by atoms with Crippen molar-refractivity contribution in [2.75, 3.05) is 34.7 Å². The van der Waals surface area contributed by atoms with E-state index in [4.69, 9.17) is 11.6 Å². The van der Waals surface area contributed by atoms with Gasteiger partial charge in [-0.2, -0.15) is 14.9 Å². The van der Waals surface area contributed by atoms with Gasteiger partial charge >= 0.3 is 0 Å².